The van der Waals surface area contributed by atoms with Gasteiger partial charge < -0.3 is 10.6 Å². The van der Waals surface area contributed by atoms with Gasteiger partial charge in [0.2, 0.25) is 5.91 Å². The van der Waals surface area contributed by atoms with Crippen molar-refractivity contribution in [2.75, 3.05) is 11.9 Å². The Bertz CT molecular complexity index is 453. The lowest BCUT2D eigenvalue weighted by atomic mass is 9.93. The van der Waals surface area contributed by atoms with Crippen LogP contribution in [0.2, 0.25) is 0 Å². The van der Waals surface area contributed by atoms with Gasteiger partial charge in [0.05, 0.1) is 5.54 Å². The molecule has 0 aliphatic carbocycles. The SMILES string of the molecule is CCC1(C(=O)Nc2ccc(C)c(C)c2)CCCN1.Cl. The van der Waals surface area contributed by atoms with E-state index in [2.05, 4.69) is 31.4 Å². The highest BCUT2D eigenvalue weighted by molar-refractivity contribution is 5.98. The molecule has 0 saturated carbocycles. The molecule has 2 N–H and O–H groups in total. The van der Waals surface area contributed by atoms with Crippen molar-refractivity contribution in [3.05, 3.63) is 29.3 Å². The summed E-state index contributed by atoms with van der Waals surface area (Å²) in [5.41, 5.74) is 2.98. The fourth-order valence-electron chi connectivity index (χ4n) is 2.53. The quantitative estimate of drug-likeness (QED) is 0.894. The molecule has 3 nitrogen and oxygen atoms in total. The number of nitrogens with one attached hydrogen (secondary N) is 2. The van der Waals surface area contributed by atoms with Crippen LogP contribution in [-0.4, -0.2) is 18.0 Å². The first-order valence-electron chi connectivity index (χ1n) is 6.71. The molecule has 1 aromatic rings. The number of aryl methyl sites for hydroxylation is 2. The highest BCUT2D eigenvalue weighted by Crippen LogP contribution is 2.25. The van der Waals surface area contributed by atoms with E-state index in [1.54, 1.807) is 0 Å². The molecule has 1 aliphatic heterocycles. The van der Waals surface area contributed by atoms with E-state index in [0.29, 0.717) is 0 Å². The molecule has 0 bridgehead atoms. The van der Waals surface area contributed by atoms with E-state index in [4.69, 9.17) is 0 Å². The lowest BCUT2D eigenvalue weighted by Crippen LogP contribution is -2.50. The van der Waals surface area contributed by atoms with Crippen LogP contribution < -0.4 is 10.6 Å². The van der Waals surface area contributed by atoms with E-state index < -0.39 is 0 Å². The Labute approximate surface area is 121 Å². The van der Waals surface area contributed by atoms with Crippen LogP contribution in [0.25, 0.3) is 0 Å². The van der Waals surface area contributed by atoms with Gasteiger partial charge in [-0.2, -0.15) is 0 Å². The predicted molar refractivity (Wildman–Crippen MR) is 82.1 cm³/mol. The Kier molecular flexibility index (Phi) is 5.39. The van der Waals surface area contributed by atoms with E-state index >= 15 is 0 Å². The van der Waals surface area contributed by atoms with Gasteiger partial charge in [-0.1, -0.05) is 13.0 Å². The van der Waals surface area contributed by atoms with Crippen molar-refractivity contribution in [3.8, 4) is 0 Å². The first-order valence-corrected chi connectivity index (χ1v) is 6.71. The van der Waals surface area contributed by atoms with E-state index in [1.165, 1.54) is 11.1 Å². The van der Waals surface area contributed by atoms with Gasteiger partial charge in [0.1, 0.15) is 0 Å². The molecule has 4 heteroatoms. The number of hydrogen-bond acceptors (Lipinski definition) is 2. The van der Waals surface area contributed by atoms with Crippen molar-refractivity contribution in [2.45, 2.75) is 45.6 Å². The summed E-state index contributed by atoms with van der Waals surface area (Å²) in [5.74, 6) is 0.103. The molecule has 0 aromatic heterocycles. The van der Waals surface area contributed by atoms with Gasteiger partial charge in [0.25, 0.3) is 0 Å². The van der Waals surface area contributed by atoms with Crippen molar-refractivity contribution >= 4 is 24.0 Å². The standard InChI is InChI=1S/C15H22N2O.ClH/c1-4-15(8-5-9-16-15)14(18)17-13-7-6-11(2)12(3)10-13;/h6-7,10,16H,4-5,8-9H2,1-3H3,(H,17,18);1H. The number of anilines is 1. The van der Waals surface area contributed by atoms with Crippen LogP contribution in [-0.2, 0) is 4.79 Å². The van der Waals surface area contributed by atoms with Gasteiger partial charge in [-0.05, 0) is 62.9 Å². The monoisotopic (exact) mass is 282 g/mol. The molecule has 2 rings (SSSR count). The summed E-state index contributed by atoms with van der Waals surface area (Å²) in [4.78, 5) is 12.4. The topological polar surface area (TPSA) is 41.1 Å². The number of benzene rings is 1. The summed E-state index contributed by atoms with van der Waals surface area (Å²) < 4.78 is 0. The van der Waals surface area contributed by atoms with Gasteiger partial charge in [-0.3, -0.25) is 4.79 Å². The number of amides is 1. The average Bonchev–Trinajstić information content (AvgIpc) is 2.84. The smallest absolute Gasteiger partial charge is 0.244 e. The third-order valence-corrected chi connectivity index (χ3v) is 4.05. The van der Waals surface area contributed by atoms with Crippen molar-refractivity contribution in [1.82, 2.24) is 5.32 Å². The maximum atomic E-state index is 12.4. The van der Waals surface area contributed by atoms with Crippen LogP contribution in [0.5, 0.6) is 0 Å². The molecule has 1 unspecified atom stereocenters. The summed E-state index contributed by atoms with van der Waals surface area (Å²) in [6, 6.07) is 6.05. The maximum absolute atomic E-state index is 12.4. The molecule has 1 atom stereocenters. The Morgan fingerprint density at radius 3 is 2.63 bits per heavy atom. The Morgan fingerprint density at radius 2 is 2.11 bits per heavy atom. The van der Waals surface area contributed by atoms with Crippen molar-refractivity contribution in [3.63, 3.8) is 0 Å². The zero-order chi connectivity index (χ0) is 13.2. The van der Waals surface area contributed by atoms with E-state index in [1.807, 2.05) is 18.2 Å². The van der Waals surface area contributed by atoms with Gasteiger partial charge in [-0.15, -0.1) is 12.4 Å². The minimum Gasteiger partial charge on any atom is -0.324 e. The van der Waals surface area contributed by atoms with Crippen LogP contribution in [0, 0.1) is 13.8 Å². The third kappa shape index (κ3) is 3.28. The highest BCUT2D eigenvalue weighted by atomic mass is 35.5. The molecule has 0 radical (unpaired) electrons. The Hall–Kier alpha value is -1.06. The first kappa shape index (κ1) is 16.0. The van der Waals surface area contributed by atoms with Crippen molar-refractivity contribution in [2.24, 2.45) is 0 Å². The number of carbonyl (C=O) groups is 1. The number of rotatable bonds is 3. The highest BCUT2D eigenvalue weighted by Gasteiger charge is 2.38. The van der Waals surface area contributed by atoms with Crippen LogP contribution in [0.15, 0.2) is 18.2 Å². The largest absolute Gasteiger partial charge is 0.324 e. The van der Waals surface area contributed by atoms with E-state index in [-0.39, 0.29) is 23.9 Å². The van der Waals surface area contributed by atoms with Gasteiger partial charge in [-0.25, -0.2) is 0 Å². The molecular formula is C15H23ClN2O. The average molecular weight is 283 g/mol. The minimum absolute atomic E-state index is 0. The zero-order valence-corrected chi connectivity index (χ0v) is 12.7. The molecule has 1 amide bonds. The normalized spacial score (nSPS) is 21.8. The van der Waals surface area contributed by atoms with Crippen LogP contribution in [0.3, 0.4) is 0 Å². The second kappa shape index (κ2) is 6.40. The maximum Gasteiger partial charge on any atom is 0.244 e. The van der Waals surface area contributed by atoms with Crippen molar-refractivity contribution < 1.29 is 4.79 Å². The molecule has 106 valence electrons. The van der Waals surface area contributed by atoms with Crippen LogP contribution in [0.4, 0.5) is 5.69 Å². The molecule has 1 aromatic carbocycles. The summed E-state index contributed by atoms with van der Waals surface area (Å²) in [6.45, 7) is 7.15. The fraction of sp³-hybridized carbons (Fsp3) is 0.533. The zero-order valence-electron chi connectivity index (χ0n) is 11.9. The number of halogens is 1. The molecular weight excluding hydrogens is 260 g/mol. The minimum atomic E-state index is -0.362. The summed E-state index contributed by atoms with van der Waals surface area (Å²) in [6.07, 6.45) is 2.85. The van der Waals surface area contributed by atoms with Crippen LogP contribution >= 0.6 is 12.4 Å². The summed E-state index contributed by atoms with van der Waals surface area (Å²) >= 11 is 0. The van der Waals surface area contributed by atoms with E-state index in [9.17, 15) is 4.79 Å². The number of hydrogen-bond donors (Lipinski definition) is 2. The van der Waals surface area contributed by atoms with Gasteiger partial charge in [0.15, 0.2) is 0 Å². The molecule has 19 heavy (non-hydrogen) atoms. The lowest BCUT2D eigenvalue weighted by molar-refractivity contribution is -0.122. The molecule has 1 aliphatic rings. The summed E-state index contributed by atoms with van der Waals surface area (Å²) in [7, 11) is 0. The van der Waals surface area contributed by atoms with Crippen LogP contribution in [0.1, 0.15) is 37.3 Å². The molecule has 1 saturated heterocycles. The number of carbonyl (C=O) groups excluding carboxylic acids is 1. The van der Waals surface area contributed by atoms with E-state index in [0.717, 1.165) is 31.5 Å². The predicted octanol–water partition coefficient (Wildman–Crippen LogP) is 3.20. The third-order valence-electron chi connectivity index (χ3n) is 4.05. The lowest BCUT2D eigenvalue weighted by Gasteiger charge is -2.26. The Morgan fingerprint density at radius 1 is 1.37 bits per heavy atom. The Balaban J connectivity index is 0.00000180. The summed E-state index contributed by atoms with van der Waals surface area (Å²) in [5, 5.41) is 6.40. The van der Waals surface area contributed by atoms with Gasteiger partial charge in [0, 0.05) is 5.69 Å². The molecule has 0 spiro atoms. The first-order chi connectivity index (χ1) is 8.57. The molecule has 1 heterocycles. The molecule has 1 fully saturated rings. The van der Waals surface area contributed by atoms with Crippen molar-refractivity contribution in [1.29, 1.82) is 0 Å². The second-order valence-corrected chi connectivity index (χ2v) is 5.22. The second-order valence-electron chi connectivity index (χ2n) is 5.22. The van der Waals surface area contributed by atoms with Gasteiger partial charge >= 0.3 is 0 Å². The fourth-order valence-corrected chi connectivity index (χ4v) is 2.53.